The number of imidazole rings is 1. The number of nitrogens with zero attached hydrogens (tertiary/aromatic N) is 5. The van der Waals surface area contributed by atoms with Crippen LogP contribution in [-0.2, 0) is 26.7 Å². The zero-order valence-corrected chi connectivity index (χ0v) is 19.8. The number of rotatable bonds is 7. The zero-order chi connectivity index (χ0) is 19.9. The second-order valence-corrected chi connectivity index (χ2v) is 6.88. The molecule has 0 radical (unpaired) electrons. The normalized spacial score (nSPS) is 11.2. The Morgan fingerprint density at radius 1 is 1.17 bits per heavy atom. The van der Waals surface area contributed by atoms with Gasteiger partial charge in [-0.25, -0.2) is 9.98 Å². The number of hydrogen-bond acceptors (Lipinski definition) is 3. The van der Waals surface area contributed by atoms with E-state index in [4.69, 9.17) is 4.99 Å². The summed E-state index contributed by atoms with van der Waals surface area (Å²) < 4.78 is 3.98. The predicted octanol–water partition coefficient (Wildman–Crippen LogP) is 3.16. The molecule has 0 saturated carbocycles. The molecule has 0 spiro atoms. The van der Waals surface area contributed by atoms with E-state index in [2.05, 4.69) is 63.4 Å². The number of aromatic nitrogens is 4. The third-order valence-corrected chi connectivity index (χ3v) is 4.77. The Bertz CT molecular complexity index is 929. The van der Waals surface area contributed by atoms with Gasteiger partial charge in [0.1, 0.15) is 0 Å². The molecule has 8 heteroatoms. The summed E-state index contributed by atoms with van der Waals surface area (Å²) in [5.74, 6) is 0.810. The second kappa shape index (κ2) is 11.0. The molecule has 1 aromatic carbocycles. The molecule has 3 aromatic rings. The van der Waals surface area contributed by atoms with Crippen molar-refractivity contribution in [3.05, 3.63) is 71.1 Å². The highest BCUT2D eigenvalue weighted by atomic mass is 127. The van der Waals surface area contributed by atoms with Crippen molar-refractivity contribution in [1.82, 2.24) is 30.0 Å². The van der Waals surface area contributed by atoms with E-state index in [9.17, 15) is 0 Å². The summed E-state index contributed by atoms with van der Waals surface area (Å²) >= 11 is 0. The molecular formula is C21H30IN7. The first-order valence-corrected chi connectivity index (χ1v) is 9.61. The van der Waals surface area contributed by atoms with Gasteiger partial charge in [0.2, 0.25) is 0 Å². The van der Waals surface area contributed by atoms with Gasteiger partial charge in [-0.2, -0.15) is 5.10 Å². The molecule has 29 heavy (non-hydrogen) atoms. The predicted molar refractivity (Wildman–Crippen MR) is 128 cm³/mol. The van der Waals surface area contributed by atoms with Crippen molar-refractivity contribution in [3.8, 4) is 0 Å². The van der Waals surface area contributed by atoms with E-state index in [0.29, 0.717) is 13.1 Å². The fourth-order valence-corrected chi connectivity index (χ4v) is 3.17. The molecule has 0 aliphatic carbocycles. The SMILES string of the molecule is CCNC(=NCc1cccc(Cn2ccnc2)c1)NCc1c(C)nn(C)c1C.I. The average molecular weight is 507 g/mol. The summed E-state index contributed by atoms with van der Waals surface area (Å²) in [7, 11) is 1.97. The molecule has 2 heterocycles. The summed E-state index contributed by atoms with van der Waals surface area (Å²) in [5, 5.41) is 11.2. The minimum absolute atomic E-state index is 0. The van der Waals surface area contributed by atoms with Gasteiger partial charge in [0, 0.05) is 50.3 Å². The molecule has 7 nitrogen and oxygen atoms in total. The number of halogens is 1. The van der Waals surface area contributed by atoms with Crippen molar-refractivity contribution in [3.63, 3.8) is 0 Å². The topological polar surface area (TPSA) is 72.1 Å². The van der Waals surface area contributed by atoms with E-state index in [1.807, 2.05) is 31.2 Å². The van der Waals surface area contributed by atoms with Crippen molar-refractivity contribution in [1.29, 1.82) is 0 Å². The van der Waals surface area contributed by atoms with E-state index in [-0.39, 0.29) is 24.0 Å². The molecule has 0 aliphatic rings. The van der Waals surface area contributed by atoms with Crippen LogP contribution in [0.1, 0.15) is 35.0 Å². The smallest absolute Gasteiger partial charge is 0.191 e. The van der Waals surface area contributed by atoms with Gasteiger partial charge in [0.05, 0.1) is 18.6 Å². The van der Waals surface area contributed by atoms with Crippen molar-refractivity contribution < 1.29 is 0 Å². The van der Waals surface area contributed by atoms with Crippen molar-refractivity contribution >= 4 is 29.9 Å². The average Bonchev–Trinajstić information content (AvgIpc) is 3.27. The Kier molecular flexibility index (Phi) is 8.69. The summed E-state index contributed by atoms with van der Waals surface area (Å²) in [4.78, 5) is 8.85. The molecule has 0 amide bonds. The molecule has 0 aliphatic heterocycles. The Hall–Kier alpha value is -2.36. The lowest BCUT2D eigenvalue weighted by atomic mass is 10.1. The Morgan fingerprint density at radius 3 is 2.62 bits per heavy atom. The van der Waals surface area contributed by atoms with Gasteiger partial charge >= 0.3 is 0 Å². The third-order valence-electron chi connectivity index (χ3n) is 4.77. The van der Waals surface area contributed by atoms with Gasteiger partial charge in [0.15, 0.2) is 5.96 Å². The van der Waals surface area contributed by atoms with Crippen LogP contribution in [0.15, 0.2) is 48.0 Å². The first-order valence-electron chi connectivity index (χ1n) is 9.61. The maximum absolute atomic E-state index is 4.75. The molecular weight excluding hydrogens is 477 g/mol. The third kappa shape index (κ3) is 6.31. The van der Waals surface area contributed by atoms with E-state index in [1.54, 1.807) is 6.20 Å². The summed E-state index contributed by atoms with van der Waals surface area (Å²) in [6, 6.07) is 8.52. The highest BCUT2D eigenvalue weighted by Crippen LogP contribution is 2.11. The van der Waals surface area contributed by atoms with Crippen LogP contribution >= 0.6 is 24.0 Å². The summed E-state index contributed by atoms with van der Waals surface area (Å²) in [5.41, 5.74) is 5.87. The highest BCUT2D eigenvalue weighted by molar-refractivity contribution is 14.0. The lowest BCUT2D eigenvalue weighted by Crippen LogP contribution is -2.37. The first-order chi connectivity index (χ1) is 13.6. The van der Waals surface area contributed by atoms with Gasteiger partial charge in [-0.1, -0.05) is 24.3 Å². The molecule has 3 rings (SSSR count). The molecule has 0 saturated heterocycles. The molecule has 0 fully saturated rings. The van der Waals surface area contributed by atoms with Crippen LogP contribution in [-0.4, -0.2) is 31.8 Å². The Morgan fingerprint density at radius 2 is 1.97 bits per heavy atom. The van der Waals surface area contributed by atoms with Gasteiger partial charge < -0.3 is 15.2 Å². The van der Waals surface area contributed by atoms with Crippen LogP contribution < -0.4 is 10.6 Å². The lowest BCUT2D eigenvalue weighted by molar-refractivity contribution is 0.728. The minimum atomic E-state index is 0. The number of benzene rings is 1. The van der Waals surface area contributed by atoms with Crippen LogP contribution in [0.25, 0.3) is 0 Å². The fraction of sp³-hybridized carbons (Fsp3) is 0.381. The van der Waals surface area contributed by atoms with Gasteiger partial charge in [-0.15, -0.1) is 24.0 Å². The number of guanidine groups is 1. The summed E-state index contributed by atoms with van der Waals surface area (Å²) in [6.45, 7) is 9.17. The molecule has 0 bridgehead atoms. The van der Waals surface area contributed by atoms with E-state index in [1.165, 1.54) is 22.4 Å². The van der Waals surface area contributed by atoms with Gasteiger partial charge in [-0.05, 0) is 31.9 Å². The maximum Gasteiger partial charge on any atom is 0.191 e. The minimum Gasteiger partial charge on any atom is -0.357 e. The number of hydrogen-bond donors (Lipinski definition) is 2. The van der Waals surface area contributed by atoms with Crippen LogP contribution in [0.2, 0.25) is 0 Å². The monoisotopic (exact) mass is 507 g/mol. The zero-order valence-electron chi connectivity index (χ0n) is 17.5. The van der Waals surface area contributed by atoms with E-state index < -0.39 is 0 Å². The van der Waals surface area contributed by atoms with E-state index >= 15 is 0 Å². The first kappa shape index (κ1) is 22.9. The second-order valence-electron chi connectivity index (χ2n) is 6.88. The summed E-state index contributed by atoms with van der Waals surface area (Å²) in [6.07, 6.45) is 5.61. The van der Waals surface area contributed by atoms with Crippen molar-refractivity contribution in [2.24, 2.45) is 12.0 Å². The largest absolute Gasteiger partial charge is 0.357 e. The van der Waals surface area contributed by atoms with Crippen LogP contribution in [0.3, 0.4) is 0 Å². The fourth-order valence-electron chi connectivity index (χ4n) is 3.17. The van der Waals surface area contributed by atoms with Crippen LogP contribution in [0, 0.1) is 13.8 Å². The molecule has 2 N–H and O–H groups in total. The quantitative estimate of drug-likeness (QED) is 0.293. The lowest BCUT2D eigenvalue weighted by Gasteiger charge is -2.12. The number of nitrogens with one attached hydrogen (secondary N) is 2. The standard InChI is InChI=1S/C21H29N7.HI/c1-5-23-21(25-13-20-16(2)26-27(4)17(20)3)24-12-18-7-6-8-19(11-18)14-28-10-9-22-15-28;/h6-11,15H,5,12-14H2,1-4H3,(H2,23,24,25);1H. The van der Waals surface area contributed by atoms with Crippen LogP contribution in [0.4, 0.5) is 0 Å². The highest BCUT2D eigenvalue weighted by Gasteiger charge is 2.09. The van der Waals surface area contributed by atoms with Gasteiger partial charge in [-0.3, -0.25) is 4.68 Å². The maximum atomic E-state index is 4.75. The van der Waals surface area contributed by atoms with Crippen molar-refractivity contribution in [2.75, 3.05) is 6.54 Å². The Labute approximate surface area is 189 Å². The van der Waals surface area contributed by atoms with Gasteiger partial charge in [0.25, 0.3) is 0 Å². The van der Waals surface area contributed by atoms with Crippen molar-refractivity contribution in [2.45, 2.75) is 40.4 Å². The number of aliphatic imine (C=N–C) groups is 1. The molecule has 0 atom stereocenters. The Balaban J connectivity index is 0.00000300. The molecule has 156 valence electrons. The molecule has 2 aromatic heterocycles. The van der Waals surface area contributed by atoms with E-state index in [0.717, 1.165) is 24.7 Å². The molecule has 0 unspecified atom stereocenters. The number of aryl methyl sites for hydroxylation is 2. The van der Waals surface area contributed by atoms with Crippen LogP contribution in [0.5, 0.6) is 0 Å².